The van der Waals surface area contributed by atoms with Crippen LogP contribution in [0.2, 0.25) is 0 Å². The summed E-state index contributed by atoms with van der Waals surface area (Å²) in [6, 6.07) is 6.27. The van der Waals surface area contributed by atoms with Gasteiger partial charge in [0.1, 0.15) is 5.75 Å². The summed E-state index contributed by atoms with van der Waals surface area (Å²) in [6.07, 6.45) is 4.09. The van der Waals surface area contributed by atoms with E-state index in [0.717, 1.165) is 18.3 Å². The molecule has 2 rings (SSSR count). The first-order valence-corrected chi connectivity index (χ1v) is 5.46. The van der Waals surface area contributed by atoms with E-state index in [2.05, 4.69) is 32.0 Å². The molecule has 14 heavy (non-hydrogen) atoms. The quantitative estimate of drug-likeness (QED) is 0.709. The van der Waals surface area contributed by atoms with Gasteiger partial charge in [0.15, 0.2) is 0 Å². The average Bonchev–Trinajstić information content (AvgIpc) is 2.09. The van der Waals surface area contributed by atoms with Crippen molar-refractivity contribution in [3.8, 4) is 5.75 Å². The van der Waals surface area contributed by atoms with Crippen LogP contribution in [0.25, 0.3) is 0 Å². The molecule has 0 atom stereocenters. The Morgan fingerprint density at radius 3 is 2.71 bits per heavy atom. The zero-order valence-corrected chi connectivity index (χ0v) is 9.05. The SMILES string of the molecule is Cc1cccc(OCC2CCC2)c1C. The molecule has 0 radical (unpaired) electrons. The number of aryl methyl sites for hydroxylation is 1. The third-order valence-corrected chi connectivity index (χ3v) is 3.25. The first-order valence-electron chi connectivity index (χ1n) is 5.46. The molecule has 1 aromatic rings. The average molecular weight is 190 g/mol. The smallest absolute Gasteiger partial charge is 0.122 e. The summed E-state index contributed by atoms with van der Waals surface area (Å²) in [5, 5.41) is 0. The molecule has 1 nitrogen and oxygen atoms in total. The molecule has 0 heterocycles. The second-order valence-corrected chi connectivity index (χ2v) is 4.31. The maximum absolute atomic E-state index is 5.82. The van der Waals surface area contributed by atoms with Crippen LogP contribution in [0, 0.1) is 19.8 Å². The third kappa shape index (κ3) is 1.92. The maximum atomic E-state index is 5.82. The fourth-order valence-corrected chi connectivity index (χ4v) is 1.75. The van der Waals surface area contributed by atoms with E-state index >= 15 is 0 Å². The van der Waals surface area contributed by atoms with Crippen LogP contribution in [0.1, 0.15) is 30.4 Å². The normalized spacial score (nSPS) is 16.4. The highest BCUT2D eigenvalue weighted by atomic mass is 16.5. The maximum Gasteiger partial charge on any atom is 0.122 e. The van der Waals surface area contributed by atoms with Crippen LogP contribution in [0.15, 0.2) is 18.2 Å². The predicted octanol–water partition coefficient (Wildman–Crippen LogP) is 3.48. The number of rotatable bonds is 3. The fraction of sp³-hybridized carbons (Fsp3) is 0.538. The second kappa shape index (κ2) is 4.04. The number of hydrogen-bond donors (Lipinski definition) is 0. The minimum atomic E-state index is 0.815. The van der Waals surface area contributed by atoms with Gasteiger partial charge in [-0.2, -0.15) is 0 Å². The van der Waals surface area contributed by atoms with Gasteiger partial charge in [0, 0.05) is 0 Å². The van der Waals surface area contributed by atoms with E-state index < -0.39 is 0 Å². The molecular formula is C13H18O. The number of ether oxygens (including phenoxy) is 1. The molecule has 1 aliphatic rings. The highest BCUT2D eigenvalue weighted by Crippen LogP contribution is 2.28. The Kier molecular flexibility index (Phi) is 2.76. The Labute approximate surface area is 86.1 Å². The van der Waals surface area contributed by atoms with E-state index in [1.54, 1.807) is 0 Å². The molecule has 0 amide bonds. The molecule has 1 saturated carbocycles. The third-order valence-electron chi connectivity index (χ3n) is 3.25. The van der Waals surface area contributed by atoms with Gasteiger partial charge in [0.25, 0.3) is 0 Å². The Balaban J connectivity index is 1.97. The van der Waals surface area contributed by atoms with E-state index in [1.165, 1.54) is 30.4 Å². The molecule has 1 fully saturated rings. The molecule has 1 aliphatic carbocycles. The summed E-state index contributed by atoms with van der Waals surface area (Å²) in [5.74, 6) is 1.88. The molecule has 1 heteroatoms. The van der Waals surface area contributed by atoms with Crippen LogP contribution in [0.3, 0.4) is 0 Å². The minimum Gasteiger partial charge on any atom is -0.493 e. The lowest BCUT2D eigenvalue weighted by molar-refractivity contribution is 0.180. The lowest BCUT2D eigenvalue weighted by Crippen LogP contribution is -2.19. The lowest BCUT2D eigenvalue weighted by Gasteiger charge is -2.25. The van der Waals surface area contributed by atoms with E-state index in [1.807, 2.05) is 0 Å². The fourth-order valence-electron chi connectivity index (χ4n) is 1.75. The van der Waals surface area contributed by atoms with E-state index in [-0.39, 0.29) is 0 Å². The Morgan fingerprint density at radius 1 is 1.29 bits per heavy atom. The van der Waals surface area contributed by atoms with Gasteiger partial charge in [-0.3, -0.25) is 0 Å². The summed E-state index contributed by atoms with van der Waals surface area (Å²) in [7, 11) is 0. The van der Waals surface area contributed by atoms with Crippen LogP contribution < -0.4 is 4.74 Å². The van der Waals surface area contributed by atoms with E-state index in [4.69, 9.17) is 4.74 Å². The van der Waals surface area contributed by atoms with Crippen molar-refractivity contribution in [1.82, 2.24) is 0 Å². The molecule has 0 N–H and O–H groups in total. The monoisotopic (exact) mass is 190 g/mol. The van der Waals surface area contributed by atoms with Crippen molar-refractivity contribution >= 4 is 0 Å². The van der Waals surface area contributed by atoms with Crippen molar-refractivity contribution in [2.24, 2.45) is 5.92 Å². The van der Waals surface area contributed by atoms with Gasteiger partial charge in [-0.25, -0.2) is 0 Å². The summed E-state index contributed by atoms with van der Waals surface area (Å²) in [5.41, 5.74) is 2.60. The van der Waals surface area contributed by atoms with Gasteiger partial charge < -0.3 is 4.74 Å². The van der Waals surface area contributed by atoms with E-state index in [9.17, 15) is 0 Å². The zero-order valence-electron chi connectivity index (χ0n) is 9.05. The second-order valence-electron chi connectivity index (χ2n) is 4.31. The zero-order chi connectivity index (χ0) is 9.97. The Bertz CT molecular complexity index is 313. The van der Waals surface area contributed by atoms with Gasteiger partial charge in [0.2, 0.25) is 0 Å². The van der Waals surface area contributed by atoms with Gasteiger partial charge in [-0.05, 0) is 49.8 Å². The minimum absolute atomic E-state index is 0.815. The van der Waals surface area contributed by atoms with Crippen LogP contribution in [-0.4, -0.2) is 6.61 Å². The highest BCUT2D eigenvalue weighted by Gasteiger charge is 2.18. The van der Waals surface area contributed by atoms with Crippen molar-refractivity contribution in [3.05, 3.63) is 29.3 Å². The number of benzene rings is 1. The summed E-state index contributed by atoms with van der Waals surface area (Å²) >= 11 is 0. The Hall–Kier alpha value is -0.980. The topological polar surface area (TPSA) is 9.23 Å². The van der Waals surface area contributed by atoms with Crippen molar-refractivity contribution in [2.45, 2.75) is 33.1 Å². The molecule has 0 aromatic heterocycles. The largest absolute Gasteiger partial charge is 0.493 e. The standard InChI is InChI=1S/C13H18O/c1-10-5-3-8-13(11(10)2)14-9-12-6-4-7-12/h3,5,8,12H,4,6-7,9H2,1-2H3. The first kappa shape index (κ1) is 9.57. The van der Waals surface area contributed by atoms with Crippen molar-refractivity contribution < 1.29 is 4.74 Å². The molecule has 0 unspecified atom stereocenters. The molecule has 0 bridgehead atoms. The summed E-state index contributed by atoms with van der Waals surface area (Å²) < 4.78 is 5.82. The number of hydrogen-bond acceptors (Lipinski definition) is 1. The van der Waals surface area contributed by atoms with Crippen LogP contribution in [0.5, 0.6) is 5.75 Å². The summed E-state index contributed by atoms with van der Waals surface area (Å²) in [4.78, 5) is 0. The van der Waals surface area contributed by atoms with Crippen molar-refractivity contribution in [3.63, 3.8) is 0 Å². The molecule has 0 aliphatic heterocycles. The van der Waals surface area contributed by atoms with Crippen LogP contribution in [0.4, 0.5) is 0 Å². The van der Waals surface area contributed by atoms with Gasteiger partial charge in [-0.1, -0.05) is 18.6 Å². The van der Waals surface area contributed by atoms with Crippen molar-refractivity contribution in [1.29, 1.82) is 0 Å². The molecular weight excluding hydrogens is 172 g/mol. The first-order chi connectivity index (χ1) is 6.77. The van der Waals surface area contributed by atoms with Gasteiger partial charge in [-0.15, -0.1) is 0 Å². The van der Waals surface area contributed by atoms with Crippen molar-refractivity contribution in [2.75, 3.05) is 6.61 Å². The lowest BCUT2D eigenvalue weighted by atomic mass is 9.86. The summed E-state index contributed by atoms with van der Waals surface area (Å²) in [6.45, 7) is 5.17. The van der Waals surface area contributed by atoms with Crippen LogP contribution in [-0.2, 0) is 0 Å². The van der Waals surface area contributed by atoms with E-state index in [0.29, 0.717) is 0 Å². The highest BCUT2D eigenvalue weighted by molar-refractivity contribution is 5.38. The van der Waals surface area contributed by atoms with Crippen LogP contribution >= 0.6 is 0 Å². The molecule has 76 valence electrons. The predicted molar refractivity (Wildman–Crippen MR) is 58.8 cm³/mol. The van der Waals surface area contributed by atoms with Gasteiger partial charge in [0.05, 0.1) is 6.61 Å². The van der Waals surface area contributed by atoms with Gasteiger partial charge >= 0.3 is 0 Å². The molecule has 0 saturated heterocycles. The Morgan fingerprint density at radius 2 is 2.07 bits per heavy atom. The molecule has 1 aromatic carbocycles. The molecule has 0 spiro atoms.